The van der Waals surface area contributed by atoms with Gasteiger partial charge in [0.05, 0.1) is 17.7 Å². The number of nitrogen functional groups attached to an aromatic ring is 1. The second-order valence-electron chi connectivity index (χ2n) is 4.44. The van der Waals surface area contributed by atoms with E-state index in [0.29, 0.717) is 22.7 Å². The quantitative estimate of drug-likeness (QED) is 0.686. The van der Waals surface area contributed by atoms with Crippen LogP contribution in [0.1, 0.15) is 36.9 Å². The van der Waals surface area contributed by atoms with E-state index >= 15 is 0 Å². The van der Waals surface area contributed by atoms with Crippen LogP contribution in [0.25, 0.3) is 0 Å². The van der Waals surface area contributed by atoms with E-state index in [-0.39, 0.29) is 5.78 Å². The number of carbonyl (C=O) groups excluding carboxylic acids is 1. The van der Waals surface area contributed by atoms with Crippen molar-refractivity contribution >= 4 is 27.8 Å². The molecule has 6 heteroatoms. The molecule has 0 amide bonds. The van der Waals surface area contributed by atoms with Gasteiger partial charge >= 0.3 is 0 Å². The highest BCUT2D eigenvalue weighted by atomic mass is 32.1. The molecule has 1 rings (SSSR count). The first kappa shape index (κ1) is 16.8. The lowest BCUT2D eigenvalue weighted by atomic mass is 10.2. The van der Waals surface area contributed by atoms with Gasteiger partial charge < -0.3 is 20.7 Å². The topological polar surface area (TPSA) is 67.6 Å². The number of Topliss-reactive ketones (excluding diaryl/α,β-unsaturated/α-hetero) is 1. The normalized spacial score (nSPS) is 10.8. The number of hydrogen-bond donors (Lipinski definition) is 2. The van der Waals surface area contributed by atoms with Gasteiger partial charge in [-0.15, -0.1) is 11.3 Å². The minimum Gasteiger partial charge on any atom is -0.492 e. The van der Waals surface area contributed by atoms with Gasteiger partial charge in [-0.2, -0.15) is 0 Å². The number of ether oxygens (including phenoxy) is 1. The Morgan fingerprint density at radius 2 is 2.00 bits per heavy atom. The highest BCUT2D eigenvalue weighted by Crippen LogP contribution is 2.42. The van der Waals surface area contributed by atoms with Crippen molar-refractivity contribution in [3.8, 4) is 5.75 Å². The summed E-state index contributed by atoms with van der Waals surface area (Å²) in [5.74, 6) is 0.647. The van der Waals surface area contributed by atoms with Gasteiger partial charge in [0, 0.05) is 19.5 Å². The number of methoxy groups -OCH3 is 1. The van der Waals surface area contributed by atoms with Crippen LogP contribution in [-0.2, 0) is 0 Å². The first-order valence-electron chi connectivity index (χ1n) is 7.04. The minimum atomic E-state index is 0.0580. The zero-order valence-corrected chi connectivity index (χ0v) is 13.6. The summed E-state index contributed by atoms with van der Waals surface area (Å²) in [5.41, 5.74) is 6.44. The summed E-state index contributed by atoms with van der Waals surface area (Å²) >= 11 is 1.38. The molecular weight excluding hydrogens is 274 g/mol. The molecule has 1 aromatic heterocycles. The van der Waals surface area contributed by atoms with Crippen LogP contribution in [0.5, 0.6) is 5.75 Å². The number of nitrogens with zero attached hydrogens (tertiary/aromatic N) is 1. The molecule has 0 aliphatic carbocycles. The van der Waals surface area contributed by atoms with Crippen molar-refractivity contribution in [2.75, 3.05) is 44.3 Å². The highest BCUT2D eigenvalue weighted by Gasteiger charge is 2.20. The first-order valence-corrected chi connectivity index (χ1v) is 7.86. The fourth-order valence-corrected chi connectivity index (χ4v) is 3.11. The number of nitrogens with one attached hydrogen (secondary N) is 1. The van der Waals surface area contributed by atoms with Gasteiger partial charge in [0.2, 0.25) is 0 Å². The Balaban J connectivity index is 2.77. The summed E-state index contributed by atoms with van der Waals surface area (Å²) in [6.45, 7) is 9.93. The summed E-state index contributed by atoms with van der Waals surface area (Å²) in [7, 11) is 1.58. The second kappa shape index (κ2) is 8.11. The van der Waals surface area contributed by atoms with Crippen molar-refractivity contribution in [2.24, 2.45) is 0 Å². The predicted molar refractivity (Wildman–Crippen MR) is 86.2 cm³/mol. The van der Waals surface area contributed by atoms with Crippen molar-refractivity contribution < 1.29 is 9.53 Å². The summed E-state index contributed by atoms with van der Waals surface area (Å²) < 4.78 is 5.32. The predicted octanol–water partition coefficient (Wildman–Crippen LogP) is 2.69. The summed E-state index contributed by atoms with van der Waals surface area (Å²) in [5, 5.41) is 4.16. The third-order valence-electron chi connectivity index (χ3n) is 3.29. The number of thiophene rings is 1. The van der Waals surface area contributed by atoms with Crippen molar-refractivity contribution in [1.29, 1.82) is 0 Å². The Kier molecular flexibility index (Phi) is 6.81. The van der Waals surface area contributed by atoms with Crippen LogP contribution in [0.2, 0.25) is 0 Å². The average Bonchev–Trinajstić information content (AvgIpc) is 2.79. The van der Waals surface area contributed by atoms with Gasteiger partial charge in [-0.05, 0) is 13.1 Å². The second-order valence-corrected chi connectivity index (χ2v) is 5.46. The van der Waals surface area contributed by atoms with E-state index in [1.165, 1.54) is 11.3 Å². The summed E-state index contributed by atoms with van der Waals surface area (Å²) in [4.78, 5) is 14.7. The van der Waals surface area contributed by atoms with E-state index in [4.69, 9.17) is 10.5 Å². The number of anilines is 2. The number of nitrogens with two attached hydrogens (primary N) is 1. The summed E-state index contributed by atoms with van der Waals surface area (Å²) in [6.07, 6.45) is 0.451. The molecule has 5 nitrogen and oxygen atoms in total. The molecule has 0 aliphatic rings. The van der Waals surface area contributed by atoms with Crippen molar-refractivity contribution in [3.05, 3.63) is 4.88 Å². The van der Waals surface area contributed by atoms with E-state index in [0.717, 1.165) is 31.2 Å². The Morgan fingerprint density at radius 1 is 1.35 bits per heavy atom. The molecule has 0 atom stereocenters. The molecule has 0 spiro atoms. The van der Waals surface area contributed by atoms with Gasteiger partial charge in [-0.25, -0.2) is 0 Å². The van der Waals surface area contributed by atoms with Gasteiger partial charge in [-0.1, -0.05) is 20.8 Å². The Bertz CT molecular complexity index is 442. The monoisotopic (exact) mass is 299 g/mol. The fraction of sp³-hybridized carbons (Fsp3) is 0.643. The minimum absolute atomic E-state index is 0.0580. The number of carbonyl (C=O) groups is 1. The Hall–Kier alpha value is -1.27. The Morgan fingerprint density at radius 3 is 2.50 bits per heavy atom. The van der Waals surface area contributed by atoms with Crippen LogP contribution in [0, 0.1) is 0 Å². The zero-order valence-electron chi connectivity index (χ0n) is 12.8. The molecular formula is C14H25N3O2S. The van der Waals surface area contributed by atoms with E-state index in [1.54, 1.807) is 7.11 Å². The Labute approximate surface area is 125 Å². The fourth-order valence-electron chi connectivity index (χ4n) is 1.98. The lowest BCUT2D eigenvalue weighted by Gasteiger charge is -2.18. The van der Waals surface area contributed by atoms with Gasteiger partial charge in [0.1, 0.15) is 5.00 Å². The van der Waals surface area contributed by atoms with Crippen molar-refractivity contribution in [1.82, 2.24) is 4.90 Å². The third kappa shape index (κ3) is 3.86. The van der Waals surface area contributed by atoms with Crippen LogP contribution in [0.3, 0.4) is 0 Å². The van der Waals surface area contributed by atoms with Gasteiger partial charge in [0.15, 0.2) is 11.5 Å². The van der Waals surface area contributed by atoms with Crippen LogP contribution in [0.15, 0.2) is 0 Å². The van der Waals surface area contributed by atoms with Gasteiger partial charge in [-0.3, -0.25) is 4.79 Å². The third-order valence-corrected chi connectivity index (χ3v) is 4.47. The van der Waals surface area contributed by atoms with Crippen molar-refractivity contribution in [3.63, 3.8) is 0 Å². The van der Waals surface area contributed by atoms with Crippen LogP contribution < -0.4 is 15.8 Å². The maximum atomic E-state index is 11.8. The molecule has 0 aliphatic heterocycles. The van der Waals surface area contributed by atoms with Crippen LogP contribution >= 0.6 is 11.3 Å². The molecule has 114 valence electrons. The number of rotatable bonds is 9. The molecule has 0 fully saturated rings. The standard InChI is InChI=1S/C14H25N3O2S/c1-5-10(18)13-11(15)12(19-4)14(20-13)16-8-9-17(6-2)7-3/h16H,5-9,15H2,1-4H3. The molecule has 1 heterocycles. The van der Waals surface area contributed by atoms with Crippen LogP contribution in [0.4, 0.5) is 10.7 Å². The molecule has 0 saturated heterocycles. The SMILES string of the molecule is CCC(=O)c1sc(NCCN(CC)CC)c(OC)c1N. The lowest BCUT2D eigenvalue weighted by molar-refractivity contribution is 0.0992. The van der Waals surface area contributed by atoms with Crippen LogP contribution in [-0.4, -0.2) is 44.0 Å². The molecule has 0 bridgehead atoms. The lowest BCUT2D eigenvalue weighted by Crippen LogP contribution is -2.28. The first-order chi connectivity index (χ1) is 9.58. The zero-order chi connectivity index (χ0) is 15.1. The maximum Gasteiger partial charge on any atom is 0.176 e. The largest absolute Gasteiger partial charge is 0.492 e. The molecule has 1 aromatic rings. The number of likely N-dealkylation sites (N-methyl/N-ethyl adjacent to an activating group) is 1. The van der Waals surface area contributed by atoms with E-state index < -0.39 is 0 Å². The van der Waals surface area contributed by atoms with Gasteiger partial charge in [0.25, 0.3) is 0 Å². The molecule has 0 aromatic carbocycles. The average molecular weight is 299 g/mol. The maximum absolute atomic E-state index is 11.8. The smallest absolute Gasteiger partial charge is 0.176 e. The molecule has 20 heavy (non-hydrogen) atoms. The van der Waals surface area contributed by atoms with Crippen molar-refractivity contribution in [2.45, 2.75) is 27.2 Å². The van der Waals surface area contributed by atoms with E-state index in [9.17, 15) is 4.79 Å². The molecule has 0 unspecified atom stereocenters. The van der Waals surface area contributed by atoms with E-state index in [1.807, 2.05) is 6.92 Å². The molecule has 0 radical (unpaired) electrons. The number of ketones is 1. The highest BCUT2D eigenvalue weighted by molar-refractivity contribution is 7.19. The molecule has 3 N–H and O–H groups in total. The molecule has 0 saturated carbocycles. The number of hydrogen-bond acceptors (Lipinski definition) is 6. The summed E-state index contributed by atoms with van der Waals surface area (Å²) in [6, 6.07) is 0. The van der Waals surface area contributed by atoms with E-state index in [2.05, 4.69) is 24.1 Å².